The van der Waals surface area contributed by atoms with Gasteiger partial charge in [-0.2, -0.15) is 4.31 Å². The van der Waals surface area contributed by atoms with Gasteiger partial charge in [0.15, 0.2) is 0 Å². The molecule has 3 amide bonds. The number of hydrogen-bond donors (Lipinski definition) is 3. The maximum absolute atomic E-state index is 12.8. The Kier molecular flexibility index (Phi) is 8.41. The summed E-state index contributed by atoms with van der Waals surface area (Å²) in [4.78, 5) is 37.9. The van der Waals surface area contributed by atoms with Crippen molar-refractivity contribution in [2.45, 2.75) is 44.0 Å². The lowest BCUT2D eigenvalue weighted by molar-refractivity contribution is -0.124. The number of hydrazine groups is 1. The molecule has 10 heteroatoms. The second kappa shape index (κ2) is 11.3. The number of nitrogens with zero attached hydrogens (tertiary/aromatic N) is 1. The van der Waals surface area contributed by atoms with Gasteiger partial charge in [0.05, 0.1) is 4.90 Å². The smallest absolute Gasteiger partial charge is 0.269 e. The molecule has 0 bridgehead atoms. The molecule has 0 saturated carbocycles. The highest BCUT2D eigenvalue weighted by Gasteiger charge is 2.28. The lowest BCUT2D eigenvalue weighted by Crippen LogP contribution is -2.54. The van der Waals surface area contributed by atoms with Crippen molar-refractivity contribution in [1.29, 1.82) is 0 Å². The van der Waals surface area contributed by atoms with E-state index >= 15 is 0 Å². The Labute approximate surface area is 199 Å². The van der Waals surface area contributed by atoms with Gasteiger partial charge in [-0.3, -0.25) is 25.2 Å². The fraction of sp³-hybridized carbons (Fsp3) is 0.375. The van der Waals surface area contributed by atoms with Crippen LogP contribution in [0.4, 0.5) is 0 Å². The Hall–Kier alpha value is -3.24. The van der Waals surface area contributed by atoms with E-state index in [2.05, 4.69) is 16.2 Å². The summed E-state index contributed by atoms with van der Waals surface area (Å²) in [5, 5.41) is 2.72. The first-order chi connectivity index (χ1) is 16.2. The van der Waals surface area contributed by atoms with Crippen LogP contribution in [-0.4, -0.2) is 49.6 Å². The monoisotopic (exact) mass is 486 g/mol. The van der Waals surface area contributed by atoms with Gasteiger partial charge in [0.1, 0.15) is 6.04 Å². The predicted molar refractivity (Wildman–Crippen MR) is 127 cm³/mol. The average molecular weight is 487 g/mol. The molecule has 2 unspecified atom stereocenters. The Bertz CT molecular complexity index is 1110. The van der Waals surface area contributed by atoms with Gasteiger partial charge in [-0.15, -0.1) is 0 Å². The van der Waals surface area contributed by atoms with Crippen LogP contribution in [0, 0.1) is 5.92 Å². The molecule has 9 nitrogen and oxygen atoms in total. The number of carbonyl (C=O) groups excluding carboxylic acids is 3. The molecular formula is C24H30N4O5S. The summed E-state index contributed by atoms with van der Waals surface area (Å²) in [6, 6.07) is 13.3. The molecule has 0 spiro atoms. The Morgan fingerprint density at radius 2 is 1.47 bits per heavy atom. The third-order valence-electron chi connectivity index (χ3n) is 5.94. The van der Waals surface area contributed by atoms with E-state index in [0.717, 1.165) is 12.8 Å². The molecule has 1 saturated heterocycles. The third kappa shape index (κ3) is 6.00. The van der Waals surface area contributed by atoms with Crippen LogP contribution in [0.5, 0.6) is 0 Å². The van der Waals surface area contributed by atoms with Crippen LogP contribution in [0.3, 0.4) is 0 Å². The van der Waals surface area contributed by atoms with E-state index in [1.54, 1.807) is 30.3 Å². The zero-order chi connectivity index (χ0) is 24.7. The number of hydrogen-bond acceptors (Lipinski definition) is 5. The van der Waals surface area contributed by atoms with Crippen LogP contribution in [0.15, 0.2) is 59.5 Å². The zero-order valence-corrected chi connectivity index (χ0v) is 20.1. The van der Waals surface area contributed by atoms with E-state index in [1.807, 2.05) is 13.8 Å². The van der Waals surface area contributed by atoms with Crippen molar-refractivity contribution < 1.29 is 22.8 Å². The van der Waals surface area contributed by atoms with Crippen LogP contribution in [0.25, 0.3) is 0 Å². The molecule has 2 atom stereocenters. The summed E-state index contributed by atoms with van der Waals surface area (Å²) in [7, 11) is -3.57. The highest BCUT2D eigenvalue weighted by atomic mass is 32.2. The fourth-order valence-corrected chi connectivity index (χ4v) is 5.16. The van der Waals surface area contributed by atoms with Gasteiger partial charge in [-0.25, -0.2) is 8.42 Å². The second-order valence-electron chi connectivity index (χ2n) is 8.28. The van der Waals surface area contributed by atoms with Crippen LogP contribution in [0.1, 0.15) is 53.8 Å². The molecule has 2 aromatic carbocycles. The summed E-state index contributed by atoms with van der Waals surface area (Å²) < 4.78 is 26.7. The molecule has 1 aliphatic rings. The standard InChI is InChI=1S/C24H30N4O5S/c1-3-17(2)21(25-22(29)18-9-5-4-6-10-18)24(31)27-26-23(30)19-11-13-20(14-12-19)34(32,33)28-15-7-8-16-28/h4-6,9-14,17,21H,3,7-8,15-16H2,1-2H3,(H,25,29)(H,26,30)(H,27,31). The first kappa shape index (κ1) is 25.4. The Balaban J connectivity index is 1.61. The van der Waals surface area contributed by atoms with E-state index in [1.165, 1.54) is 28.6 Å². The van der Waals surface area contributed by atoms with Crippen molar-refractivity contribution >= 4 is 27.7 Å². The van der Waals surface area contributed by atoms with Crippen molar-refractivity contribution in [2.75, 3.05) is 13.1 Å². The Morgan fingerprint density at radius 3 is 2.06 bits per heavy atom. The number of rotatable bonds is 8. The molecule has 3 N–H and O–H groups in total. The fourth-order valence-electron chi connectivity index (χ4n) is 3.64. The quantitative estimate of drug-likeness (QED) is 0.493. The van der Waals surface area contributed by atoms with Crippen LogP contribution in [-0.2, 0) is 14.8 Å². The van der Waals surface area contributed by atoms with Crippen LogP contribution < -0.4 is 16.2 Å². The van der Waals surface area contributed by atoms with E-state index in [-0.39, 0.29) is 22.3 Å². The summed E-state index contributed by atoms with van der Waals surface area (Å²) in [6.07, 6.45) is 2.31. The first-order valence-electron chi connectivity index (χ1n) is 11.3. The second-order valence-corrected chi connectivity index (χ2v) is 10.2. The summed E-state index contributed by atoms with van der Waals surface area (Å²) in [5.74, 6) is -1.72. The minimum atomic E-state index is -3.57. The molecule has 34 heavy (non-hydrogen) atoms. The number of benzene rings is 2. The summed E-state index contributed by atoms with van der Waals surface area (Å²) in [5.41, 5.74) is 5.31. The van der Waals surface area contributed by atoms with Crippen LogP contribution in [0.2, 0.25) is 0 Å². The van der Waals surface area contributed by atoms with Crippen molar-refractivity contribution in [1.82, 2.24) is 20.5 Å². The van der Waals surface area contributed by atoms with Gasteiger partial charge in [0.2, 0.25) is 10.0 Å². The van der Waals surface area contributed by atoms with Crippen molar-refractivity contribution in [3.05, 3.63) is 65.7 Å². The predicted octanol–water partition coefficient (Wildman–Crippen LogP) is 2.08. The molecule has 3 rings (SSSR count). The molecule has 0 aliphatic carbocycles. The normalized spacial score (nSPS) is 15.8. The molecule has 1 heterocycles. The molecule has 182 valence electrons. The van der Waals surface area contributed by atoms with Crippen LogP contribution >= 0.6 is 0 Å². The number of amides is 3. The molecule has 1 fully saturated rings. The van der Waals surface area contributed by atoms with Crippen molar-refractivity contribution in [3.8, 4) is 0 Å². The minimum Gasteiger partial charge on any atom is -0.340 e. The SMILES string of the molecule is CCC(C)C(NC(=O)c1ccccc1)C(=O)NNC(=O)c1ccc(S(=O)(=O)N2CCCC2)cc1. The largest absolute Gasteiger partial charge is 0.340 e. The highest BCUT2D eigenvalue weighted by molar-refractivity contribution is 7.89. The number of nitrogens with one attached hydrogen (secondary N) is 3. The van der Waals surface area contributed by atoms with Gasteiger partial charge < -0.3 is 5.32 Å². The Morgan fingerprint density at radius 1 is 0.882 bits per heavy atom. The summed E-state index contributed by atoms with van der Waals surface area (Å²) in [6.45, 7) is 4.72. The highest BCUT2D eigenvalue weighted by Crippen LogP contribution is 2.21. The van der Waals surface area contributed by atoms with E-state index in [4.69, 9.17) is 0 Å². The van der Waals surface area contributed by atoms with E-state index in [0.29, 0.717) is 25.1 Å². The third-order valence-corrected chi connectivity index (χ3v) is 7.85. The maximum Gasteiger partial charge on any atom is 0.269 e. The van der Waals surface area contributed by atoms with Gasteiger partial charge in [0, 0.05) is 24.2 Å². The van der Waals surface area contributed by atoms with E-state index in [9.17, 15) is 22.8 Å². The molecule has 2 aromatic rings. The van der Waals surface area contributed by atoms with Gasteiger partial charge in [-0.1, -0.05) is 38.5 Å². The molecule has 0 aromatic heterocycles. The topological polar surface area (TPSA) is 125 Å². The summed E-state index contributed by atoms with van der Waals surface area (Å²) >= 11 is 0. The molecule has 0 radical (unpaired) electrons. The van der Waals surface area contributed by atoms with Gasteiger partial charge in [-0.05, 0) is 55.2 Å². The number of carbonyl (C=O) groups is 3. The minimum absolute atomic E-state index is 0.121. The lowest BCUT2D eigenvalue weighted by Gasteiger charge is -2.23. The van der Waals surface area contributed by atoms with Gasteiger partial charge >= 0.3 is 0 Å². The van der Waals surface area contributed by atoms with Gasteiger partial charge in [0.25, 0.3) is 17.7 Å². The first-order valence-corrected chi connectivity index (χ1v) is 12.7. The van der Waals surface area contributed by atoms with E-state index < -0.39 is 27.9 Å². The zero-order valence-electron chi connectivity index (χ0n) is 19.3. The number of sulfonamides is 1. The molecular weight excluding hydrogens is 456 g/mol. The van der Waals surface area contributed by atoms with Crippen molar-refractivity contribution in [3.63, 3.8) is 0 Å². The average Bonchev–Trinajstić information content (AvgIpc) is 3.41. The lowest BCUT2D eigenvalue weighted by atomic mass is 9.98. The van der Waals surface area contributed by atoms with Crippen molar-refractivity contribution in [2.24, 2.45) is 5.92 Å². The maximum atomic E-state index is 12.8. The molecule has 1 aliphatic heterocycles.